The van der Waals surface area contributed by atoms with Gasteiger partial charge >= 0.3 is 0 Å². The largest absolute Gasteiger partial charge is 0.492 e. The Balaban J connectivity index is 1.88. The van der Waals surface area contributed by atoms with E-state index >= 15 is 0 Å². The van der Waals surface area contributed by atoms with E-state index in [0.717, 1.165) is 25.3 Å². The van der Waals surface area contributed by atoms with Gasteiger partial charge in [-0.1, -0.05) is 23.8 Å². The Bertz CT molecular complexity index is 507. The lowest BCUT2D eigenvalue weighted by molar-refractivity contribution is 0.101. The number of carbonyl (C=O) groups is 1. The second-order valence-corrected chi connectivity index (χ2v) is 5.54. The van der Waals surface area contributed by atoms with Crippen LogP contribution in [0.4, 0.5) is 0 Å². The normalized spacial score (nSPS) is 17.4. The van der Waals surface area contributed by atoms with Crippen molar-refractivity contribution in [2.24, 2.45) is 0 Å². The van der Waals surface area contributed by atoms with Crippen molar-refractivity contribution in [2.45, 2.75) is 33.2 Å². The highest BCUT2D eigenvalue weighted by atomic mass is 16.5. The summed E-state index contributed by atoms with van der Waals surface area (Å²) >= 11 is 0. The van der Waals surface area contributed by atoms with Gasteiger partial charge in [-0.05, 0) is 39.3 Å². The van der Waals surface area contributed by atoms with Gasteiger partial charge in [0.1, 0.15) is 12.4 Å². The van der Waals surface area contributed by atoms with Gasteiger partial charge in [0.05, 0.1) is 0 Å². The van der Waals surface area contributed by atoms with Gasteiger partial charge in [-0.3, -0.25) is 9.69 Å². The lowest BCUT2D eigenvalue weighted by Gasteiger charge is -2.31. The molecule has 0 saturated carbocycles. The monoisotopic (exact) mass is 273 g/mol. The molecule has 0 spiro atoms. The molecule has 0 aliphatic carbocycles. The van der Waals surface area contributed by atoms with Gasteiger partial charge in [0, 0.05) is 24.7 Å². The van der Waals surface area contributed by atoms with Crippen LogP contribution in [0.5, 0.6) is 5.75 Å². The molecule has 2 rings (SSSR count). The molecular formula is C17H23NO2. The van der Waals surface area contributed by atoms with Crippen LogP contribution in [-0.2, 0) is 0 Å². The van der Waals surface area contributed by atoms with Crippen molar-refractivity contribution in [3.63, 3.8) is 0 Å². The van der Waals surface area contributed by atoms with Crippen molar-refractivity contribution in [2.75, 3.05) is 19.7 Å². The molecule has 1 aliphatic heterocycles. The van der Waals surface area contributed by atoms with Gasteiger partial charge in [0.15, 0.2) is 5.78 Å². The highest BCUT2D eigenvalue weighted by Gasteiger charge is 2.16. The van der Waals surface area contributed by atoms with Crippen molar-refractivity contribution < 1.29 is 9.53 Å². The highest BCUT2D eigenvalue weighted by molar-refractivity contribution is 5.94. The predicted molar refractivity (Wildman–Crippen MR) is 81.4 cm³/mol. The quantitative estimate of drug-likeness (QED) is 0.609. The Morgan fingerprint density at radius 2 is 2.25 bits per heavy atom. The second kappa shape index (κ2) is 6.71. The molecule has 0 radical (unpaired) electrons. The molecule has 0 saturated heterocycles. The van der Waals surface area contributed by atoms with Gasteiger partial charge in [-0.2, -0.15) is 0 Å². The van der Waals surface area contributed by atoms with Crippen LogP contribution in [-0.4, -0.2) is 36.4 Å². The Morgan fingerprint density at radius 3 is 2.90 bits per heavy atom. The number of Topliss-reactive ketones (excluding diaryl/α,β-unsaturated/α-hetero) is 1. The van der Waals surface area contributed by atoms with E-state index < -0.39 is 0 Å². The number of rotatable bonds is 5. The fraction of sp³-hybridized carbons (Fsp3) is 0.471. The molecule has 108 valence electrons. The minimum atomic E-state index is 0.0696. The third-order valence-corrected chi connectivity index (χ3v) is 3.82. The molecule has 3 heteroatoms. The summed E-state index contributed by atoms with van der Waals surface area (Å²) in [4.78, 5) is 13.8. The van der Waals surface area contributed by atoms with Crippen LogP contribution >= 0.6 is 0 Å². The zero-order chi connectivity index (χ0) is 14.5. The summed E-state index contributed by atoms with van der Waals surface area (Å²) in [5, 5.41) is 0. The molecule has 1 aromatic rings. The smallest absolute Gasteiger partial charge is 0.159 e. The van der Waals surface area contributed by atoms with E-state index in [1.165, 1.54) is 5.57 Å². The van der Waals surface area contributed by atoms with Gasteiger partial charge in [0.25, 0.3) is 0 Å². The molecule has 0 fully saturated rings. The summed E-state index contributed by atoms with van der Waals surface area (Å²) in [6, 6.07) is 7.77. The number of carbonyl (C=O) groups excluding carboxylic acids is 1. The number of ether oxygens (including phenoxy) is 1. The van der Waals surface area contributed by atoms with Crippen LogP contribution in [0.1, 0.15) is 37.6 Å². The summed E-state index contributed by atoms with van der Waals surface area (Å²) in [6.45, 7) is 8.69. The van der Waals surface area contributed by atoms with Gasteiger partial charge in [-0.25, -0.2) is 0 Å². The first-order valence-electron chi connectivity index (χ1n) is 7.20. The van der Waals surface area contributed by atoms with E-state index in [1.54, 1.807) is 6.92 Å². The summed E-state index contributed by atoms with van der Waals surface area (Å²) < 4.78 is 5.82. The van der Waals surface area contributed by atoms with E-state index in [1.807, 2.05) is 24.3 Å². The molecule has 0 aromatic heterocycles. The number of ketones is 1. The van der Waals surface area contributed by atoms with E-state index in [2.05, 4.69) is 24.8 Å². The van der Waals surface area contributed by atoms with Crippen LogP contribution in [0.3, 0.4) is 0 Å². The summed E-state index contributed by atoms with van der Waals surface area (Å²) in [7, 11) is 0. The van der Waals surface area contributed by atoms with Gasteiger partial charge in [-0.15, -0.1) is 0 Å². The first-order chi connectivity index (χ1) is 9.56. The molecular weight excluding hydrogens is 250 g/mol. The third-order valence-electron chi connectivity index (χ3n) is 3.82. The van der Waals surface area contributed by atoms with E-state index in [-0.39, 0.29) is 5.78 Å². The van der Waals surface area contributed by atoms with Crippen LogP contribution in [0.25, 0.3) is 0 Å². The molecule has 1 atom stereocenters. The molecule has 0 amide bonds. The first-order valence-corrected chi connectivity index (χ1v) is 7.20. The SMILES string of the molecule is CC(=O)c1cccc(OCC(C)N2CC=C(C)CC2)c1. The van der Waals surface area contributed by atoms with Gasteiger partial charge in [0.2, 0.25) is 0 Å². The number of hydrogen-bond acceptors (Lipinski definition) is 3. The average Bonchev–Trinajstić information content (AvgIpc) is 2.46. The third kappa shape index (κ3) is 3.94. The van der Waals surface area contributed by atoms with Crippen molar-refractivity contribution in [1.29, 1.82) is 0 Å². The maximum atomic E-state index is 11.3. The van der Waals surface area contributed by atoms with Crippen molar-refractivity contribution in [3.8, 4) is 5.75 Å². The van der Waals surface area contributed by atoms with E-state index in [9.17, 15) is 4.79 Å². The van der Waals surface area contributed by atoms with Gasteiger partial charge < -0.3 is 4.74 Å². The fourth-order valence-corrected chi connectivity index (χ4v) is 2.31. The van der Waals surface area contributed by atoms with Crippen LogP contribution in [0.15, 0.2) is 35.9 Å². The lowest BCUT2D eigenvalue weighted by atomic mass is 10.1. The fourth-order valence-electron chi connectivity index (χ4n) is 2.31. The maximum absolute atomic E-state index is 11.3. The lowest BCUT2D eigenvalue weighted by Crippen LogP contribution is -2.39. The Hall–Kier alpha value is -1.61. The van der Waals surface area contributed by atoms with E-state index in [4.69, 9.17) is 4.74 Å². The molecule has 1 heterocycles. The maximum Gasteiger partial charge on any atom is 0.159 e. The number of nitrogens with zero attached hydrogens (tertiary/aromatic N) is 1. The summed E-state index contributed by atoms with van der Waals surface area (Å²) in [6.07, 6.45) is 3.43. The number of benzene rings is 1. The van der Waals surface area contributed by atoms with Crippen LogP contribution in [0.2, 0.25) is 0 Å². The Morgan fingerprint density at radius 1 is 1.45 bits per heavy atom. The molecule has 1 aliphatic rings. The van der Waals surface area contributed by atoms with E-state index in [0.29, 0.717) is 18.2 Å². The predicted octanol–water partition coefficient (Wildman–Crippen LogP) is 3.31. The van der Waals surface area contributed by atoms with Crippen LogP contribution in [0, 0.1) is 0 Å². The minimum absolute atomic E-state index is 0.0696. The standard InChI is InChI=1S/C17H23NO2/c1-13-7-9-18(10-8-13)14(2)12-20-17-6-4-5-16(11-17)15(3)19/h4-7,11,14H,8-10,12H2,1-3H3. The average molecular weight is 273 g/mol. The number of hydrogen-bond donors (Lipinski definition) is 0. The van der Waals surface area contributed by atoms with Crippen molar-refractivity contribution in [1.82, 2.24) is 4.90 Å². The van der Waals surface area contributed by atoms with Crippen molar-refractivity contribution in [3.05, 3.63) is 41.5 Å². The molecule has 0 N–H and O–H groups in total. The minimum Gasteiger partial charge on any atom is -0.492 e. The molecule has 3 nitrogen and oxygen atoms in total. The van der Waals surface area contributed by atoms with Crippen LogP contribution < -0.4 is 4.74 Å². The Kier molecular flexibility index (Phi) is 4.96. The second-order valence-electron chi connectivity index (χ2n) is 5.54. The molecule has 0 bridgehead atoms. The first kappa shape index (κ1) is 14.8. The highest BCUT2D eigenvalue weighted by Crippen LogP contribution is 2.16. The zero-order valence-electron chi connectivity index (χ0n) is 12.6. The van der Waals surface area contributed by atoms with Crippen molar-refractivity contribution >= 4 is 5.78 Å². The molecule has 1 unspecified atom stereocenters. The topological polar surface area (TPSA) is 29.5 Å². The molecule has 20 heavy (non-hydrogen) atoms. The summed E-state index contributed by atoms with van der Waals surface area (Å²) in [5.41, 5.74) is 2.18. The zero-order valence-corrected chi connectivity index (χ0v) is 12.6. The summed E-state index contributed by atoms with van der Waals surface area (Å²) in [5.74, 6) is 0.841. The molecule has 1 aromatic carbocycles. The Labute approximate surface area is 121 Å².